The minimum absolute atomic E-state index is 0.407. The Balaban J connectivity index is 2.04. The van der Waals surface area contributed by atoms with Crippen molar-refractivity contribution in [1.29, 1.82) is 0 Å². The van der Waals surface area contributed by atoms with Gasteiger partial charge in [-0.2, -0.15) is 0 Å². The quantitative estimate of drug-likeness (QED) is 0.784. The van der Waals surface area contributed by atoms with Crippen LogP contribution in [0.3, 0.4) is 0 Å². The van der Waals surface area contributed by atoms with Gasteiger partial charge in [-0.3, -0.25) is 0 Å². The summed E-state index contributed by atoms with van der Waals surface area (Å²) >= 11 is 0. The number of aromatic nitrogens is 1. The van der Waals surface area contributed by atoms with Crippen molar-refractivity contribution in [3.05, 3.63) is 17.8 Å². The summed E-state index contributed by atoms with van der Waals surface area (Å²) in [6.45, 7) is 5.03. The van der Waals surface area contributed by atoms with E-state index in [1.54, 1.807) is 7.11 Å². The molecule has 0 aliphatic heterocycles. The van der Waals surface area contributed by atoms with Crippen LogP contribution >= 0.6 is 0 Å². The summed E-state index contributed by atoms with van der Waals surface area (Å²) in [6.07, 6.45) is 3.93. The van der Waals surface area contributed by atoms with E-state index in [0.29, 0.717) is 11.8 Å². The molecule has 1 aliphatic rings. The number of ether oxygens (including phenoxy) is 2. The lowest BCUT2D eigenvalue weighted by atomic mass is 9.86. The highest BCUT2D eigenvalue weighted by Gasteiger charge is 2.19. The molecule has 0 bridgehead atoms. The number of rotatable bonds is 5. The van der Waals surface area contributed by atoms with Gasteiger partial charge in [0, 0.05) is 5.69 Å². The Bertz CT molecular complexity index is 372. The van der Waals surface area contributed by atoms with Crippen molar-refractivity contribution in [2.75, 3.05) is 13.7 Å². The van der Waals surface area contributed by atoms with Gasteiger partial charge in [0.1, 0.15) is 0 Å². The largest absolute Gasteiger partial charge is 0.488 e. The molecule has 3 nitrogen and oxygen atoms in total. The zero-order chi connectivity index (χ0) is 12.3. The summed E-state index contributed by atoms with van der Waals surface area (Å²) in [5.41, 5.74) is 1.04. The van der Waals surface area contributed by atoms with Gasteiger partial charge in [-0.15, -0.1) is 0 Å². The van der Waals surface area contributed by atoms with Crippen molar-refractivity contribution >= 4 is 0 Å². The lowest BCUT2D eigenvalue weighted by Crippen LogP contribution is -2.19. The highest BCUT2D eigenvalue weighted by molar-refractivity contribution is 5.35. The summed E-state index contributed by atoms with van der Waals surface area (Å²) in [5, 5.41) is 0. The predicted molar refractivity (Wildman–Crippen MR) is 67.7 cm³/mol. The SMILES string of the molecule is COc1nc(C(C)C)ccc1OCC1CCC1. The number of pyridine rings is 1. The molecule has 0 N–H and O–H groups in total. The molecule has 1 aromatic rings. The Kier molecular flexibility index (Phi) is 3.87. The van der Waals surface area contributed by atoms with Gasteiger partial charge in [-0.05, 0) is 36.8 Å². The Morgan fingerprint density at radius 2 is 2.12 bits per heavy atom. The van der Waals surface area contributed by atoms with Crippen LogP contribution in [0.2, 0.25) is 0 Å². The second-order valence-electron chi connectivity index (χ2n) is 5.01. The second-order valence-corrected chi connectivity index (χ2v) is 5.01. The molecule has 1 heterocycles. The zero-order valence-corrected chi connectivity index (χ0v) is 10.9. The van der Waals surface area contributed by atoms with Crippen LogP contribution in [0.1, 0.15) is 44.7 Å². The van der Waals surface area contributed by atoms with E-state index in [2.05, 4.69) is 18.8 Å². The summed E-state index contributed by atoms with van der Waals surface area (Å²) < 4.78 is 11.1. The molecule has 1 saturated carbocycles. The van der Waals surface area contributed by atoms with Gasteiger partial charge < -0.3 is 9.47 Å². The molecule has 0 amide bonds. The minimum Gasteiger partial charge on any atom is -0.488 e. The van der Waals surface area contributed by atoms with E-state index in [-0.39, 0.29) is 0 Å². The van der Waals surface area contributed by atoms with Gasteiger partial charge in [0.2, 0.25) is 0 Å². The first-order chi connectivity index (χ1) is 8.20. The minimum atomic E-state index is 0.407. The van der Waals surface area contributed by atoms with E-state index in [4.69, 9.17) is 9.47 Å². The molecule has 3 heteroatoms. The Morgan fingerprint density at radius 1 is 1.35 bits per heavy atom. The molecule has 0 unspecified atom stereocenters. The third-order valence-corrected chi connectivity index (χ3v) is 3.33. The summed E-state index contributed by atoms with van der Waals surface area (Å²) in [7, 11) is 1.64. The molecule has 17 heavy (non-hydrogen) atoms. The van der Waals surface area contributed by atoms with E-state index in [9.17, 15) is 0 Å². The zero-order valence-electron chi connectivity index (χ0n) is 10.9. The molecule has 1 aliphatic carbocycles. The van der Waals surface area contributed by atoms with Crippen LogP contribution in [0.4, 0.5) is 0 Å². The first-order valence-corrected chi connectivity index (χ1v) is 6.38. The molecule has 1 fully saturated rings. The Morgan fingerprint density at radius 3 is 2.65 bits per heavy atom. The number of nitrogens with zero attached hydrogens (tertiary/aromatic N) is 1. The maximum Gasteiger partial charge on any atom is 0.256 e. The van der Waals surface area contributed by atoms with Gasteiger partial charge in [0.15, 0.2) is 5.75 Å². The van der Waals surface area contributed by atoms with E-state index >= 15 is 0 Å². The van der Waals surface area contributed by atoms with Gasteiger partial charge in [-0.1, -0.05) is 20.3 Å². The van der Waals surface area contributed by atoms with Crippen molar-refractivity contribution in [2.45, 2.75) is 39.0 Å². The number of methoxy groups -OCH3 is 1. The van der Waals surface area contributed by atoms with Crippen LogP contribution in [0.15, 0.2) is 12.1 Å². The molecular weight excluding hydrogens is 214 g/mol. The van der Waals surface area contributed by atoms with E-state index < -0.39 is 0 Å². The highest BCUT2D eigenvalue weighted by atomic mass is 16.5. The van der Waals surface area contributed by atoms with E-state index in [0.717, 1.165) is 24.0 Å². The van der Waals surface area contributed by atoms with Crippen LogP contribution in [0.25, 0.3) is 0 Å². The topological polar surface area (TPSA) is 31.4 Å². The molecule has 94 valence electrons. The fraction of sp³-hybridized carbons (Fsp3) is 0.643. The summed E-state index contributed by atoms with van der Waals surface area (Å²) in [6, 6.07) is 3.99. The van der Waals surface area contributed by atoms with Crippen molar-refractivity contribution in [3.8, 4) is 11.6 Å². The molecule has 2 rings (SSSR count). The smallest absolute Gasteiger partial charge is 0.256 e. The van der Waals surface area contributed by atoms with Gasteiger partial charge >= 0.3 is 0 Å². The summed E-state index contributed by atoms with van der Waals surface area (Å²) in [4.78, 5) is 4.47. The fourth-order valence-electron chi connectivity index (χ4n) is 1.89. The average Bonchev–Trinajstić information content (AvgIpc) is 2.27. The predicted octanol–water partition coefficient (Wildman–Crippen LogP) is 3.39. The van der Waals surface area contributed by atoms with Crippen LogP contribution in [0, 0.1) is 5.92 Å². The van der Waals surface area contributed by atoms with Crippen molar-refractivity contribution in [1.82, 2.24) is 4.98 Å². The first-order valence-electron chi connectivity index (χ1n) is 6.38. The number of hydrogen-bond donors (Lipinski definition) is 0. The van der Waals surface area contributed by atoms with Crippen molar-refractivity contribution in [2.24, 2.45) is 5.92 Å². The van der Waals surface area contributed by atoms with Crippen LogP contribution < -0.4 is 9.47 Å². The third-order valence-electron chi connectivity index (χ3n) is 3.33. The monoisotopic (exact) mass is 235 g/mol. The van der Waals surface area contributed by atoms with Crippen molar-refractivity contribution < 1.29 is 9.47 Å². The van der Waals surface area contributed by atoms with E-state index in [1.807, 2.05) is 12.1 Å². The summed E-state index contributed by atoms with van der Waals surface area (Å²) in [5.74, 6) is 2.51. The van der Waals surface area contributed by atoms with Gasteiger partial charge in [0.05, 0.1) is 13.7 Å². The van der Waals surface area contributed by atoms with Crippen molar-refractivity contribution in [3.63, 3.8) is 0 Å². The first kappa shape index (κ1) is 12.2. The third kappa shape index (κ3) is 2.90. The Labute approximate surface area is 103 Å². The molecule has 0 spiro atoms. The lowest BCUT2D eigenvalue weighted by molar-refractivity contribution is 0.174. The normalized spacial score (nSPS) is 15.8. The highest BCUT2D eigenvalue weighted by Crippen LogP contribution is 2.31. The van der Waals surface area contributed by atoms with Gasteiger partial charge in [0.25, 0.3) is 5.88 Å². The molecule has 0 radical (unpaired) electrons. The molecule has 0 saturated heterocycles. The number of hydrogen-bond acceptors (Lipinski definition) is 3. The molecular formula is C14H21NO2. The molecule has 0 atom stereocenters. The molecule has 0 aromatic carbocycles. The standard InChI is InChI=1S/C14H21NO2/c1-10(2)12-7-8-13(14(15-12)16-3)17-9-11-5-4-6-11/h7-8,10-11H,4-6,9H2,1-3H3. The van der Waals surface area contributed by atoms with Crippen LogP contribution in [-0.4, -0.2) is 18.7 Å². The van der Waals surface area contributed by atoms with E-state index in [1.165, 1.54) is 19.3 Å². The Hall–Kier alpha value is -1.25. The van der Waals surface area contributed by atoms with Gasteiger partial charge in [-0.25, -0.2) is 4.98 Å². The second kappa shape index (κ2) is 5.39. The average molecular weight is 235 g/mol. The maximum atomic E-state index is 5.78. The molecule has 1 aromatic heterocycles. The van der Waals surface area contributed by atoms with Crippen LogP contribution in [-0.2, 0) is 0 Å². The fourth-order valence-corrected chi connectivity index (χ4v) is 1.89. The maximum absolute atomic E-state index is 5.78. The lowest BCUT2D eigenvalue weighted by Gasteiger charge is -2.25. The van der Waals surface area contributed by atoms with Crippen LogP contribution in [0.5, 0.6) is 11.6 Å².